The summed E-state index contributed by atoms with van der Waals surface area (Å²) in [6.07, 6.45) is 5.98. The number of anilines is 2. The van der Waals surface area contributed by atoms with E-state index in [9.17, 15) is 14.4 Å². The Labute approximate surface area is 211 Å². The number of fused-ring (bicyclic) bond motifs is 1. The van der Waals surface area contributed by atoms with Crippen molar-refractivity contribution in [3.05, 3.63) is 64.7 Å². The van der Waals surface area contributed by atoms with E-state index in [1.807, 2.05) is 24.3 Å². The Kier molecular flexibility index (Phi) is 8.71. The minimum absolute atomic E-state index is 0.176. The van der Waals surface area contributed by atoms with Crippen molar-refractivity contribution in [2.45, 2.75) is 64.3 Å². The lowest BCUT2D eigenvalue weighted by Crippen LogP contribution is -2.43. The topological polar surface area (TPSA) is 107 Å². The molecule has 1 aliphatic heterocycles. The van der Waals surface area contributed by atoms with Crippen molar-refractivity contribution in [1.29, 1.82) is 0 Å². The van der Waals surface area contributed by atoms with E-state index in [0.29, 0.717) is 36.0 Å². The van der Waals surface area contributed by atoms with Gasteiger partial charge in [-0.15, -0.1) is 0 Å². The van der Waals surface area contributed by atoms with Crippen molar-refractivity contribution >= 4 is 34.1 Å². The lowest BCUT2D eigenvalue weighted by Gasteiger charge is -2.21. The third-order valence-corrected chi connectivity index (χ3v) is 6.56. The quantitative estimate of drug-likeness (QED) is 0.375. The van der Waals surface area contributed by atoms with E-state index in [-0.39, 0.29) is 23.8 Å². The van der Waals surface area contributed by atoms with Gasteiger partial charge in [-0.25, -0.2) is 4.98 Å². The number of unbranched alkanes of at least 4 members (excludes halogenated alkanes) is 1. The van der Waals surface area contributed by atoms with Gasteiger partial charge in [-0.2, -0.15) is 0 Å². The summed E-state index contributed by atoms with van der Waals surface area (Å²) in [5, 5.41) is 6.46. The largest absolute Gasteiger partial charge is 0.371 e. The number of H-pyrrole nitrogens is 1. The second-order valence-corrected chi connectivity index (χ2v) is 9.38. The number of aromatic nitrogens is 2. The molecule has 3 aromatic rings. The highest BCUT2D eigenvalue weighted by atomic mass is 16.2. The SMILES string of the molecule is CCCCC(NC(=O)CCCc1nc2ccccc2c(=O)[nH]1)C(=O)Nc1cccc(N2CCCC2)c1. The number of hydrogen-bond donors (Lipinski definition) is 3. The predicted molar refractivity (Wildman–Crippen MR) is 143 cm³/mol. The van der Waals surface area contributed by atoms with Gasteiger partial charge in [0, 0.05) is 37.3 Å². The fraction of sp³-hybridized carbons (Fsp3) is 0.429. The zero-order chi connectivity index (χ0) is 25.3. The molecule has 1 unspecified atom stereocenters. The molecular formula is C28H35N5O3. The highest BCUT2D eigenvalue weighted by Gasteiger charge is 2.21. The normalized spacial score (nSPS) is 14.1. The molecule has 0 aliphatic carbocycles. The van der Waals surface area contributed by atoms with Gasteiger partial charge in [-0.3, -0.25) is 14.4 Å². The van der Waals surface area contributed by atoms with Crippen LogP contribution < -0.4 is 21.1 Å². The van der Waals surface area contributed by atoms with Crippen molar-refractivity contribution in [2.24, 2.45) is 0 Å². The van der Waals surface area contributed by atoms with Gasteiger partial charge in [0.2, 0.25) is 11.8 Å². The summed E-state index contributed by atoms with van der Waals surface area (Å²) in [6, 6.07) is 14.5. The smallest absolute Gasteiger partial charge is 0.258 e. The minimum Gasteiger partial charge on any atom is -0.371 e. The molecule has 1 fully saturated rings. The molecule has 36 heavy (non-hydrogen) atoms. The Hall–Kier alpha value is -3.68. The fourth-order valence-electron chi connectivity index (χ4n) is 4.60. The molecule has 2 amide bonds. The van der Waals surface area contributed by atoms with Gasteiger partial charge in [-0.1, -0.05) is 38.0 Å². The van der Waals surface area contributed by atoms with Gasteiger partial charge >= 0.3 is 0 Å². The van der Waals surface area contributed by atoms with E-state index in [4.69, 9.17) is 0 Å². The summed E-state index contributed by atoms with van der Waals surface area (Å²) in [4.78, 5) is 47.6. The van der Waals surface area contributed by atoms with E-state index in [1.54, 1.807) is 18.2 Å². The number of carbonyl (C=O) groups excluding carboxylic acids is 2. The van der Waals surface area contributed by atoms with Crippen molar-refractivity contribution in [3.63, 3.8) is 0 Å². The maximum atomic E-state index is 13.1. The zero-order valence-corrected chi connectivity index (χ0v) is 20.9. The number of carbonyl (C=O) groups is 2. The summed E-state index contributed by atoms with van der Waals surface area (Å²) in [6.45, 7) is 4.14. The zero-order valence-electron chi connectivity index (χ0n) is 20.9. The number of hydrogen-bond acceptors (Lipinski definition) is 5. The Morgan fingerprint density at radius 1 is 1.08 bits per heavy atom. The number of para-hydroxylation sites is 1. The van der Waals surface area contributed by atoms with Crippen LogP contribution in [0.15, 0.2) is 53.3 Å². The monoisotopic (exact) mass is 489 g/mol. The van der Waals surface area contributed by atoms with E-state index < -0.39 is 6.04 Å². The van der Waals surface area contributed by atoms with Gasteiger partial charge in [0.05, 0.1) is 10.9 Å². The maximum absolute atomic E-state index is 13.1. The van der Waals surface area contributed by atoms with Gasteiger partial charge < -0.3 is 20.5 Å². The third kappa shape index (κ3) is 6.71. The number of nitrogens with zero attached hydrogens (tertiary/aromatic N) is 2. The van der Waals surface area contributed by atoms with Crippen LogP contribution in [-0.4, -0.2) is 40.9 Å². The van der Waals surface area contributed by atoms with Crippen LogP contribution >= 0.6 is 0 Å². The summed E-state index contributed by atoms with van der Waals surface area (Å²) in [7, 11) is 0. The van der Waals surface area contributed by atoms with Crippen LogP contribution in [0.4, 0.5) is 11.4 Å². The third-order valence-electron chi connectivity index (χ3n) is 6.56. The molecule has 1 aromatic heterocycles. The molecule has 1 atom stereocenters. The Morgan fingerprint density at radius 2 is 1.89 bits per heavy atom. The molecule has 1 saturated heterocycles. The first-order chi connectivity index (χ1) is 17.5. The number of aromatic amines is 1. The average Bonchev–Trinajstić information content (AvgIpc) is 3.42. The molecule has 3 N–H and O–H groups in total. The van der Waals surface area contributed by atoms with Crippen LogP contribution in [0.25, 0.3) is 10.9 Å². The Morgan fingerprint density at radius 3 is 2.69 bits per heavy atom. The second-order valence-electron chi connectivity index (χ2n) is 9.38. The van der Waals surface area contributed by atoms with Gasteiger partial charge in [0.25, 0.3) is 5.56 Å². The molecule has 4 rings (SSSR count). The van der Waals surface area contributed by atoms with Gasteiger partial charge in [0.15, 0.2) is 0 Å². The first kappa shape index (κ1) is 25.4. The first-order valence-corrected chi connectivity index (χ1v) is 13.0. The average molecular weight is 490 g/mol. The molecule has 8 heteroatoms. The Bertz CT molecular complexity index is 1250. The molecule has 0 saturated carbocycles. The second kappa shape index (κ2) is 12.3. The van der Waals surface area contributed by atoms with Crippen molar-refractivity contribution < 1.29 is 9.59 Å². The number of benzene rings is 2. The van der Waals surface area contributed by atoms with Crippen LogP contribution in [0.3, 0.4) is 0 Å². The highest BCUT2D eigenvalue weighted by Crippen LogP contribution is 2.23. The van der Waals surface area contributed by atoms with E-state index in [1.165, 1.54) is 12.8 Å². The summed E-state index contributed by atoms with van der Waals surface area (Å²) in [5.41, 5.74) is 2.32. The number of amides is 2. The highest BCUT2D eigenvalue weighted by molar-refractivity contribution is 5.97. The number of nitrogens with one attached hydrogen (secondary N) is 3. The standard InChI is InChI=1S/C28H35N5O3/c1-2-3-13-24(28(36)29-20-10-8-11-21(19-20)33-17-6-7-18-33)31-26(34)16-9-15-25-30-23-14-5-4-12-22(23)27(35)32-25/h4-5,8,10-12,14,19,24H,2-3,6-7,9,13,15-18H2,1H3,(H,29,36)(H,31,34)(H,30,32,35). The van der Waals surface area contributed by atoms with Crippen LogP contribution in [0.2, 0.25) is 0 Å². The molecule has 190 valence electrons. The lowest BCUT2D eigenvalue weighted by atomic mass is 10.1. The first-order valence-electron chi connectivity index (χ1n) is 13.0. The molecule has 1 aliphatic rings. The summed E-state index contributed by atoms with van der Waals surface area (Å²) in [5.74, 6) is 0.181. The lowest BCUT2D eigenvalue weighted by molar-refractivity contribution is -0.126. The van der Waals surface area contributed by atoms with Crippen molar-refractivity contribution in [3.8, 4) is 0 Å². The Balaban J connectivity index is 1.32. The number of rotatable bonds is 11. The van der Waals surface area contributed by atoms with Crippen LogP contribution in [-0.2, 0) is 16.0 Å². The maximum Gasteiger partial charge on any atom is 0.258 e. The molecule has 8 nitrogen and oxygen atoms in total. The van der Waals surface area contributed by atoms with Crippen LogP contribution in [0.1, 0.15) is 57.7 Å². The van der Waals surface area contributed by atoms with Crippen LogP contribution in [0, 0.1) is 0 Å². The molecular weight excluding hydrogens is 454 g/mol. The van der Waals surface area contributed by atoms with Gasteiger partial charge in [0.1, 0.15) is 11.9 Å². The van der Waals surface area contributed by atoms with Gasteiger partial charge in [-0.05, 0) is 56.0 Å². The van der Waals surface area contributed by atoms with Crippen LogP contribution in [0.5, 0.6) is 0 Å². The van der Waals surface area contributed by atoms with E-state index in [0.717, 1.165) is 37.3 Å². The molecule has 2 aromatic carbocycles. The fourth-order valence-corrected chi connectivity index (χ4v) is 4.60. The predicted octanol–water partition coefficient (Wildman–Crippen LogP) is 4.16. The molecule has 0 radical (unpaired) electrons. The van der Waals surface area contributed by atoms with Crippen molar-refractivity contribution in [1.82, 2.24) is 15.3 Å². The van der Waals surface area contributed by atoms with E-state index >= 15 is 0 Å². The van der Waals surface area contributed by atoms with Crippen molar-refractivity contribution in [2.75, 3.05) is 23.3 Å². The molecule has 2 heterocycles. The van der Waals surface area contributed by atoms with E-state index in [2.05, 4.69) is 38.5 Å². The summed E-state index contributed by atoms with van der Waals surface area (Å²) < 4.78 is 0. The molecule has 0 spiro atoms. The number of aryl methyl sites for hydroxylation is 1. The molecule has 0 bridgehead atoms. The minimum atomic E-state index is -0.591. The summed E-state index contributed by atoms with van der Waals surface area (Å²) >= 11 is 0.